The molecule has 1 aliphatic heterocycles. The predicted octanol–water partition coefficient (Wildman–Crippen LogP) is 4.89. The Morgan fingerprint density at radius 3 is 2.62 bits per heavy atom. The molecule has 9 nitrogen and oxygen atoms in total. The Balaban J connectivity index is 1.37. The highest BCUT2D eigenvalue weighted by atomic mass is 19.1. The number of fused-ring (bicyclic) bond motifs is 2. The van der Waals surface area contributed by atoms with E-state index in [1.165, 1.54) is 12.1 Å². The highest BCUT2D eigenvalue weighted by Gasteiger charge is 2.27. The molecule has 0 saturated heterocycles. The van der Waals surface area contributed by atoms with Gasteiger partial charge in [-0.2, -0.15) is 0 Å². The van der Waals surface area contributed by atoms with Gasteiger partial charge in [0.15, 0.2) is 17.3 Å². The highest BCUT2D eigenvalue weighted by molar-refractivity contribution is 5.79. The number of halogens is 1. The van der Waals surface area contributed by atoms with Gasteiger partial charge in [0.25, 0.3) is 5.56 Å². The Morgan fingerprint density at radius 1 is 1.00 bits per heavy atom. The van der Waals surface area contributed by atoms with Crippen molar-refractivity contribution in [1.29, 1.82) is 0 Å². The molecular weight excluding hydrogens is 511 g/mol. The lowest BCUT2D eigenvalue weighted by atomic mass is 10.1. The van der Waals surface area contributed by atoms with Crippen LogP contribution in [0.5, 0.6) is 11.5 Å². The van der Waals surface area contributed by atoms with Gasteiger partial charge in [-0.05, 0) is 82.7 Å². The predicted molar refractivity (Wildman–Crippen MR) is 147 cm³/mol. The Bertz CT molecular complexity index is 1720. The molecule has 10 heteroatoms. The lowest BCUT2D eigenvalue weighted by Gasteiger charge is -2.30. The summed E-state index contributed by atoms with van der Waals surface area (Å²) in [6, 6.07) is 19.9. The van der Waals surface area contributed by atoms with Gasteiger partial charge in [-0.25, -0.2) is 9.07 Å². The molecule has 1 aliphatic rings. The number of nitrogens with one attached hydrogen (secondary N) is 1. The number of aromatic amines is 1. The number of H-pyrrole nitrogens is 1. The van der Waals surface area contributed by atoms with E-state index in [1.54, 1.807) is 16.8 Å². The van der Waals surface area contributed by atoms with E-state index in [9.17, 15) is 9.18 Å². The molecule has 1 atom stereocenters. The molecule has 40 heavy (non-hydrogen) atoms. The number of aromatic nitrogens is 5. The van der Waals surface area contributed by atoms with Crippen LogP contribution in [0.25, 0.3) is 10.9 Å². The third-order valence-corrected chi connectivity index (χ3v) is 7.20. The second kappa shape index (κ2) is 10.9. The SMILES string of the molecule is CC[C@H](c1nnnn1Cc1ccc(F)cc1)N(Cc1ccc2c(c1)OCO2)Cc1cc2cc(C)ccc2[nH]c1=O. The monoisotopic (exact) mass is 540 g/mol. The van der Waals surface area contributed by atoms with Crippen LogP contribution in [0.3, 0.4) is 0 Å². The molecule has 0 aliphatic carbocycles. The average molecular weight is 541 g/mol. The second-order valence-corrected chi connectivity index (χ2v) is 10.1. The maximum atomic E-state index is 13.5. The normalized spacial score (nSPS) is 13.3. The number of hydrogen-bond donors (Lipinski definition) is 1. The summed E-state index contributed by atoms with van der Waals surface area (Å²) in [4.78, 5) is 18.4. The largest absolute Gasteiger partial charge is 0.454 e. The first-order valence-corrected chi connectivity index (χ1v) is 13.2. The minimum absolute atomic E-state index is 0.132. The topological polar surface area (TPSA) is 98.2 Å². The van der Waals surface area contributed by atoms with Crippen molar-refractivity contribution in [3.63, 3.8) is 0 Å². The standard InChI is InChI=1S/C30H29FN6O3/c1-3-26(29-33-34-35-37(29)16-20-5-8-24(31)9-6-20)36(15-21-7-11-27-28(13-21)40-18-39-27)17-23-14-22-12-19(2)4-10-25(22)32-30(23)38/h4-14,26H,3,15-18H2,1-2H3,(H,32,38)/t26-/m1/s1. The van der Waals surface area contributed by atoms with Crippen LogP contribution < -0.4 is 15.0 Å². The number of pyridine rings is 1. The van der Waals surface area contributed by atoms with E-state index in [1.807, 2.05) is 43.3 Å². The van der Waals surface area contributed by atoms with Crippen molar-refractivity contribution < 1.29 is 13.9 Å². The van der Waals surface area contributed by atoms with Crippen molar-refractivity contribution >= 4 is 10.9 Å². The molecule has 5 aromatic rings. The summed E-state index contributed by atoms with van der Waals surface area (Å²) in [6.07, 6.45) is 0.693. The smallest absolute Gasteiger partial charge is 0.252 e. The molecule has 3 heterocycles. The molecule has 0 spiro atoms. The number of hydrogen-bond acceptors (Lipinski definition) is 7. The number of tetrazole rings is 1. The van der Waals surface area contributed by atoms with E-state index < -0.39 is 0 Å². The van der Waals surface area contributed by atoms with Crippen molar-refractivity contribution in [2.45, 2.75) is 45.9 Å². The van der Waals surface area contributed by atoms with Crippen LogP contribution in [0.2, 0.25) is 0 Å². The summed E-state index contributed by atoms with van der Waals surface area (Å²) in [7, 11) is 0. The Kier molecular flexibility index (Phi) is 7.00. The van der Waals surface area contributed by atoms with Crippen LogP contribution in [0.15, 0.2) is 71.5 Å². The van der Waals surface area contributed by atoms with E-state index in [0.29, 0.717) is 48.9 Å². The fraction of sp³-hybridized carbons (Fsp3) is 0.267. The van der Waals surface area contributed by atoms with E-state index in [2.05, 4.69) is 38.4 Å². The third-order valence-electron chi connectivity index (χ3n) is 7.20. The van der Waals surface area contributed by atoms with Gasteiger partial charge < -0.3 is 14.5 Å². The van der Waals surface area contributed by atoms with Gasteiger partial charge in [-0.1, -0.05) is 36.8 Å². The maximum absolute atomic E-state index is 13.5. The first-order valence-electron chi connectivity index (χ1n) is 13.2. The highest BCUT2D eigenvalue weighted by Crippen LogP contribution is 2.34. The molecule has 6 rings (SSSR count). The molecule has 3 aromatic carbocycles. The molecule has 0 amide bonds. The van der Waals surface area contributed by atoms with Gasteiger partial charge in [-0.3, -0.25) is 9.69 Å². The minimum Gasteiger partial charge on any atom is -0.454 e. The lowest BCUT2D eigenvalue weighted by Crippen LogP contribution is -2.32. The van der Waals surface area contributed by atoms with Crippen molar-refractivity contribution in [3.05, 3.63) is 111 Å². The van der Waals surface area contributed by atoms with E-state index >= 15 is 0 Å². The van der Waals surface area contributed by atoms with Gasteiger partial charge >= 0.3 is 0 Å². The molecule has 0 saturated carbocycles. The molecule has 0 bridgehead atoms. The zero-order valence-electron chi connectivity index (χ0n) is 22.3. The van der Waals surface area contributed by atoms with Crippen LogP contribution in [0, 0.1) is 12.7 Å². The number of rotatable bonds is 9. The fourth-order valence-corrected chi connectivity index (χ4v) is 5.19. The molecule has 2 aromatic heterocycles. The zero-order chi connectivity index (χ0) is 27.6. The zero-order valence-corrected chi connectivity index (χ0v) is 22.3. The van der Waals surface area contributed by atoms with Crippen LogP contribution in [0.1, 0.15) is 47.5 Å². The quantitative estimate of drug-likeness (QED) is 0.284. The summed E-state index contributed by atoms with van der Waals surface area (Å²) in [5, 5.41) is 13.6. The van der Waals surface area contributed by atoms with Gasteiger partial charge in [0, 0.05) is 24.2 Å². The number of ether oxygens (including phenoxy) is 2. The Hall–Kier alpha value is -4.57. The van der Waals surface area contributed by atoms with Crippen LogP contribution in [-0.2, 0) is 19.6 Å². The van der Waals surface area contributed by atoms with Crippen LogP contribution in [0.4, 0.5) is 4.39 Å². The van der Waals surface area contributed by atoms with Gasteiger partial charge in [0.05, 0.1) is 12.6 Å². The second-order valence-electron chi connectivity index (χ2n) is 10.1. The van der Waals surface area contributed by atoms with Crippen molar-refractivity contribution in [2.75, 3.05) is 6.79 Å². The molecular formula is C30H29FN6O3. The summed E-state index contributed by atoms with van der Waals surface area (Å²) < 4.78 is 26.3. The Morgan fingerprint density at radius 2 is 1.80 bits per heavy atom. The van der Waals surface area contributed by atoms with Crippen LogP contribution >= 0.6 is 0 Å². The average Bonchev–Trinajstić information content (AvgIpc) is 3.60. The third kappa shape index (κ3) is 5.30. The molecule has 0 unspecified atom stereocenters. The van der Waals surface area contributed by atoms with E-state index in [0.717, 1.165) is 27.6 Å². The fourth-order valence-electron chi connectivity index (χ4n) is 5.19. The first kappa shape index (κ1) is 25.7. The first-order chi connectivity index (χ1) is 19.5. The number of benzene rings is 3. The van der Waals surface area contributed by atoms with E-state index in [-0.39, 0.29) is 24.2 Å². The number of nitrogens with zero attached hydrogens (tertiary/aromatic N) is 5. The maximum Gasteiger partial charge on any atom is 0.252 e. The van der Waals surface area contributed by atoms with Crippen LogP contribution in [-0.4, -0.2) is 36.9 Å². The van der Waals surface area contributed by atoms with Crippen molar-refractivity contribution in [1.82, 2.24) is 30.1 Å². The molecule has 0 fully saturated rings. The summed E-state index contributed by atoms with van der Waals surface area (Å²) >= 11 is 0. The Labute approximate surface area is 230 Å². The molecule has 1 N–H and O–H groups in total. The van der Waals surface area contributed by atoms with E-state index in [4.69, 9.17) is 9.47 Å². The van der Waals surface area contributed by atoms with Gasteiger partial charge in [0.1, 0.15) is 5.82 Å². The summed E-state index contributed by atoms with van der Waals surface area (Å²) in [5.41, 5.74) is 4.33. The van der Waals surface area contributed by atoms with Crippen molar-refractivity contribution in [3.8, 4) is 11.5 Å². The van der Waals surface area contributed by atoms with Gasteiger partial charge in [-0.15, -0.1) is 5.10 Å². The number of aryl methyl sites for hydroxylation is 1. The summed E-state index contributed by atoms with van der Waals surface area (Å²) in [5.74, 6) is 1.79. The van der Waals surface area contributed by atoms with Gasteiger partial charge in [0.2, 0.25) is 6.79 Å². The minimum atomic E-state index is -0.294. The molecule has 0 radical (unpaired) electrons. The summed E-state index contributed by atoms with van der Waals surface area (Å²) in [6.45, 7) is 5.59. The molecule has 204 valence electrons. The lowest BCUT2D eigenvalue weighted by molar-refractivity contribution is 0.161. The van der Waals surface area contributed by atoms with Crippen molar-refractivity contribution in [2.24, 2.45) is 0 Å².